The third-order valence-electron chi connectivity index (χ3n) is 2.78. The molecule has 0 atom stereocenters. The van der Waals surface area contributed by atoms with Crippen molar-refractivity contribution in [2.45, 2.75) is 6.54 Å². The Bertz CT molecular complexity index is 750. The predicted octanol–water partition coefficient (Wildman–Crippen LogP) is 2.42. The molecule has 104 valence electrons. The molecule has 0 amide bonds. The zero-order valence-electron chi connectivity index (χ0n) is 11.2. The maximum absolute atomic E-state index is 11.3. The van der Waals surface area contributed by atoms with Gasteiger partial charge in [-0.05, 0) is 30.3 Å². The van der Waals surface area contributed by atoms with E-state index in [9.17, 15) is 4.79 Å². The van der Waals surface area contributed by atoms with E-state index in [1.54, 1.807) is 24.3 Å². The lowest BCUT2D eigenvalue weighted by Crippen LogP contribution is -2.00. The summed E-state index contributed by atoms with van der Waals surface area (Å²) in [7, 11) is 1.28. The van der Waals surface area contributed by atoms with E-state index in [1.807, 2.05) is 12.1 Å². The van der Waals surface area contributed by atoms with Gasteiger partial charge in [0, 0.05) is 5.69 Å². The molecule has 21 heavy (non-hydrogen) atoms. The second kappa shape index (κ2) is 6.27. The van der Waals surface area contributed by atoms with Crippen molar-refractivity contribution in [3.05, 3.63) is 53.0 Å². The van der Waals surface area contributed by atoms with Crippen LogP contribution in [0.15, 0.2) is 34.7 Å². The number of ether oxygens (including phenoxy) is 1. The molecule has 0 aliphatic heterocycles. The van der Waals surface area contributed by atoms with Gasteiger partial charge < -0.3 is 14.5 Å². The number of esters is 1. The molecular formula is C15H11N3O3. The molecule has 1 N–H and O–H groups in total. The average Bonchev–Trinajstić information content (AvgIpc) is 3.00. The highest BCUT2D eigenvalue weighted by atomic mass is 16.5. The summed E-state index contributed by atoms with van der Waals surface area (Å²) < 4.78 is 9.85. The highest BCUT2D eigenvalue weighted by molar-refractivity contribution is 5.86. The Balaban J connectivity index is 2.07. The molecule has 1 heterocycles. The maximum atomic E-state index is 11.3. The standard InChI is InChI=1S/C15H11N3O3/c1-20-15(19)14-5-4-13(21-14)9-18-12-3-2-10(7-16)11(6-12)8-17/h2-6,18H,9H2,1H3. The predicted molar refractivity (Wildman–Crippen MR) is 73.2 cm³/mol. The normalized spacial score (nSPS) is 9.48. The molecule has 0 radical (unpaired) electrons. The minimum atomic E-state index is -0.536. The summed E-state index contributed by atoms with van der Waals surface area (Å²) in [4.78, 5) is 11.3. The first kappa shape index (κ1) is 14.2. The molecule has 0 fully saturated rings. The zero-order chi connectivity index (χ0) is 15.2. The number of benzene rings is 1. The third kappa shape index (κ3) is 3.20. The lowest BCUT2D eigenvalue weighted by Gasteiger charge is -2.05. The molecule has 2 rings (SSSR count). The van der Waals surface area contributed by atoms with E-state index in [2.05, 4.69) is 10.1 Å². The monoisotopic (exact) mass is 281 g/mol. The molecule has 1 aromatic heterocycles. The van der Waals surface area contributed by atoms with E-state index in [0.717, 1.165) is 0 Å². The van der Waals surface area contributed by atoms with Gasteiger partial charge in [0.25, 0.3) is 0 Å². The molecular weight excluding hydrogens is 270 g/mol. The first-order valence-corrected chi connectivity index (χ1v) is 6.03. The van der Waals surface area contributed by atoms with E-state index in [1.165, 1.54) is 13.2 Å². The largest absolute Gasteiger partial charge is 0.463 e. The van der Waals surface area contributed by atoms with Crippen LogP contribution in [-0.2, 0) is 11.3 Å². The summed E-state index contributed by atoms with van der Waals surface area (Å²) in [5.74, 6) is 0.150. The first-order chi connectivity index (χ1) is 10.2. The lowest BCUT2D eigenvalue weighted by molar-refractivity contribution is 0.0563. The molecule has 0 spiro atoms. The van der Waals surface area contributed by atoms with Gasteiger partial charge in [-0.2, -0.15) is 10.5 Å². The number of nitrogens with one attached hydrogen (secondary N) is 1. The molecule has 0 aliphatic carbocycles. The van der Waals surface area contributed by atoms with Crippen LogP contribution in [0.4, 0.5) is 5.69 Å². The van der Waals surface area contributed by atoms with Gasteiger partial charge >= 0.3 is 5.97 Å². The smallest absolute Gasteiger partial charge is 0.373 e. The Morgan fingerprint density at radius 1 is 1.24 bits per heavy atom. The van der Waals surface area contributed by atoms with Crippen LogP contribution in [0, 0.1) is 22.7 Å². The van der Waals surface area contributed by atoms with Crippen molar-refractivity contribution < 1.29 is 13.9 Å². The van der Waals surface area contributed by atoms with Gasteiger partial charge in [0.1, 0.15) is 17.9 Å². The number of hydrogen-bond acceptors (Lipinski definition) is 6. The van der Waals surface area contributed by atoms with Gasteiger partial charge in [-0.15, -0.1) is 0 Å². The Morgan fingerprint density at radius 3 is 2.67 bits per heavy atom. The lowest BCUT2D eigenvalue weighted by atomic mass is 10.1. The molecule has 0 unspecified atom stereocenters. The number of hydrogen-bond donors (Lipinski definition) is 1. The topological polar surface area (TPSA) is 99.0 Å². The van der Waals surface area contributed by atoms with Gasteiger partial charge in [-0.1, -0.05) is 0 Å². The van der Waals surface area contributed by atoms with E-state index in [0.29, 0.717) is 29.1 Å². The van der Waals surface area contributed by atoms with Gasteiger partial charge in [0.2, 0.25) is 5.76 Å². The molecule has 0 saturated carbocycles. The van der Waals surface area contributed by atoms with E-state index in [4.69, 9.17) is 14.9 Å². The molecule has 1 aromatic carbocycles. The van der Waals surface area contributed by atoms with Crippen LogP contribution in [0.2, 0.25) is 0 Å². The molecule has 6 heteroatoms. The molecule has 6 nitrogen and oxygen atoms in total. The Labute approximate surface area is 121 Å². The maximum Gasteiger partial charge on any atom is 0.373 e. The second-order valence-electron chi connectivity index (χ2n) is 4.10. The van der Waals surface area contributed by atoms with Crippen molar-refractivity contribution in [1.29, 1.82) is 10.5 Å². The summed E-state index contributed by atoms with van der Waals surface area (Å²) in [6.45, 7) is 0.341. The zero-order valence-corrected chi connectivity index (χ0v) is 11.2. The number of nitrogens with zero attached hydrogens (tertiary/aromatic N) is 2. The summed E-state index contributed by atoms with van der Waals surface area (Å²) in [6.07, 6.45) is 0. The number of anilines is 1. The Hall–Kier alpha value is -3.25. The van der Waals surface area contributed by atoms with Crippen molar-refractivity contribution in [3.8, 4) is 12.1 Å². The number of rotatable bonds is 4. The van der Waals surface area contributed by atoms with Crippen LogP contribution in [-0.4, -0.2) is 13.1 Å². The van der Waals surface area contributed by atoms with Crippen LogP contribution < -0.4 is 5.32 Å². The highest BCUT2D eigenvalue weighted by Gasteiger charge is 2.11. The van der Waals surface area contributed by atoms with Crippen LogP contribution in [0.3, 0.4) is 0 Å². The fraction of sp³-hybridized carbons (Fsp3) is 0.133. The minimum absolute atomic E-state index is 0.131. The van der Waals surface area contributed by atoms with Gasteiger partial charge in [0.05, 0.1) is 24.8 Å². The van der Waals surface area contributed by atoms with Gasteiger partial charge in [0.15, 0.2) is 0 Å². The quantitative estimate of drug-likeness (QED) is 0.864. The second-order valence-corrected chi connectivity index (χ2v) is 4.10. The number of carbonyl (C=O) groups is 1. The van der Waals surface area contributed by atoms with Crippen molar-refractivity contribution in [2.75, 3.05) is 12.4 Å². The number of furan rings is 1. The SMILES string of the molecule is COC(=O)c1ccc(CNc2ccc(C#N)c(C#N)c2)o1. The first-order valence-electron chi connectivity index (χ1n) is 6.03. The van der Waals surface area contributed by atoms with Crippen LogP contribution >= 0.6 is 0 Å². The highest BCUT2D eigenvalue weighted by Crippen LogP contribution is 2.16. The van der Waals surface area contributed by atoms with Gasteiger partial charge in [-0.3, -0.25) is 0 Å². The summed E-state index contributed by atoms with van der Waals surface area (Å²) in [6, 6.07) is 12.0. The summed E-state index contributed by atoms with van der Waals surface area (Å²) in [5.41, 5.74) is 1.31. The van der Waals surface area contributed by atoms with Gasteiger partial charge in [-0.25, -0.2) is 4.79 Å². The number of methoxy groups -OCH3 is 1. The van der Waals surface area contributed by atoms with E-state index < -0.39 is 5.97 Å². The van der Waals surface area contributed by atoms with Crippen molar-refractivity contribution in [1.82, 2.24) is 0 Å². The molecule has 0 aliphatic rings. The minimum Gasteiger partial charge on any atom is -0.463 e. The fourth-order valence-corrected chi connectivity index (χ4v) is 1.72. The third-order valence-corrected chi connectivity index (χ3v) is 2.78. The Kier molecular flexibility index (Phi) is 4.23. The molecule has 2 aromatic rings. The van der Waals surface area contributed by atoms with E-state index >= 15 is 0 Å². The molecule has 0 bridgehead atoms. The summed E-state index contributed by atoms with van der Waals surface area (Å²) >= 11 is 0. The number of carbonyl (C=O) groups excluding carboxylic acids is 1. The van der Waals surface area contributed by atoms with Crippen molar-refractivity contribution in [2.24, 2.45) is 0 Å². The average molecular weight is 281 g/mol. The van der Waals surface area contributed by atoms with Crippen molar-refractivity contribution >= 4 is 11.7 Å². The van der Waals surface area contributed by atoms with Crippen LogP contribution in [0.5, 0.6) is 0 Å². The van der Waals surface area contributed by atoms with Crippen molar-refractivity contribution in [3.63, 3.8) is 0 Å². The fourth-order valence-electron chi connectivity index (χ4n) is 1.72. The van der Waals surface area contributed by atoms with Crippen LogP contribution in [0.1, 0.15) is 27.4 Å². The van der Waals surface area contributed by atoms with E-state index in [-0.39, 0.29) is 5.76 Å². The Morgan fingerprint density at radius 2 is 2.00 bits per heavy atom. The van der Waals surface area contributed by atoms with Crippen LogP contribution in [0.25, 0.3) is 0 Å². The summed E-state index contributed by atoms with van der Waals surface area (Å²) in [5, 5.41) is 20.8. The molecule has 0 saturated heterocycles. The number of nitriles is 2.